The molecule has 2 amide bonds. The molecule has 3 aromatic rings. The highest BCUT2D eigenvalue weighted by Crippen LogP contribution is 2.37. The van der Waals surface area contributed by atoms with Gasteiger partial charge in [-0.3, -0.25) is 9.59 Å². The zero-order chi connectivity index (χ0) is 23.5. The zero-order valence-corrected chi connectivity index (χ0v) is 17.1. The third-order valence-electron chi connectivity index (χ3n) is 4.75. The van der Waals surface area contributed by atoms with Crippen molar-refractivity contribution in [1.29, 1.82) is 0 Å². The monoisotopic (exact) mass is 449 g/mol. The van der Waals surface area contributed by atoms with Gasteiger partial charge in [0.2, 0.25) is 5.91 Å². The van der Waals surface area contributed by atoms with E-state index < -0.39 is 35.1 Å². The first-order valence-corrected chi connectivity index (χ1v) is 9.54. The summed E-state index contributed by atoms with van der Waals surface area (Å²) in [5.41, 5.74) is -0.235. The predicted molar refractivity (Wildman–Crippen MR) is 109 cm³/mol. The molecule has 32 heavy (non-hydrogen) atoms. The van der Waals surface area contributed by atoms with Crippen LogP contribution in [0.5, 0.6) is 0 Å². The van der Waals surface area contributed by atoms with Crippen molar-refractivity contribution < 1.29 is 31.7 Å². The van der Waals surface area contributed by atoms with Crippen LogP contribution >= 0.6 is 0 Å². The highest BCUT2D eigenvalue weighted by molar-refractivity contribution is 6.04. The molecule has 0 bridgehead atoms. The summed E-state index contributed by atoms with van der Waals surface area (Å²) in [5.74, 6) is -1.31. The van der Waals surface area contributed by atoms with E-state index in [1.54, 1.807) is 13.8 Å². The van der Waals surface area contributed by atoms with Gasteiger partial charge in [0.25, 0.3) is 5.91 Å². The molecule has 0 aliphatic carbocycles. The summed E-state index contributed by atoms with van der Waals surface area (Å²) in [6.07, 6.45) is -4.58. The molecule has 168 valence electrons. The van der Waals surface area contributed by atoms with Gasteiger partial charge < -0.3 is 15.2 Å². The van der Waals surface area contributed by atoms with E-state index in [0.29, 0.717) is 11.5 Å². The number of amides is 2. The van der Waals surface area contributed by atoms with Crippen LogP contribution in [-0.4, -0.2) is 17.0 Å². The Balaban J connectivity index is 1.74. The standard InChI is InChI=1S/C22H19F4N3O3/c1-12-17(13(2)32-29-12)8-10-20(30)28-19-9-7-16(11-18(19)22(24,25)26)27-21(31)14-3-5-15(23)6-4-14/h3-7,9,11H,8,10H2,1-2H3,(H,27,31)(H,28,30). The van der Waals surface area contributed by atoms with Crippen molar-refractivity contribution in [2.45, 2.75) is 32.9 Å². The minimum atomic E-state index is -4.78. The van der Waals surface area contributed by atoms with Crippen molar-refractivity contribution in [3.05, 3.63) is 76.4 Å². The second-order valence-corrected chi connectivity index (χ2v) is 7.07. The lowest BCUT2D eigenvalue weighted by molar-refractivity contribution is -0.136. The topological polar surface area (TPSA) is 84.2 Å². The van der Waals surface area contributed by atoms with Crippen molar-refractivity contribution >= 4 is 23.2 Å². The van der Waals surface area contributed by atoms with Crippen LogP contribution in [0.1, 0.15) is 39.4 Å². The van der Waals surface area contributed by atoms with Crippen LogP contribution in [0.15, 0.2) is 47.0 Å². The number of anilines is 2. The van der Waals surface area contributed by atoms with Crippen molar-refractivity contribution in [3.63, 3.8) is 0 Å². The maximum Gasteiger partial charge on any atom is 0.418 e. The Labute approximate surface area is 180 Å². The number of rotatable bonds is 6. The molecule has 0 saturated heterocycles. The predicted octanol–water partition coefficient (Wildman–Crippen LogP) is 5.27. The number of aromatic nitrogens is 1. The number of alkyl halides is 3. The fraction of sp³-hybridized carbons (Fsp3) is 0.227. The first kappa shape index (κ1) is 23.0. The van der Waals surface area contributed by atoms with Gasteiger partial charge in [-0.05, 0) is 62.7 Å². The van der Waals surface area contributed by atoms with Crippen LogP contribution in [0.4, 0.5) is 28.9 Å². The lowest BCUT2D eigenvalue weighted by atomic mass is 10.1. The molecular weight excluding hydrogens is 430 g/mol. The fourth-order valence-corrected chi connectivity index (χ4v) is 3.08. The first-order valence-electron chi connectivity index (χ1n) is 9.54. The second kappa shape index (κ2) is 9.21. The molecule has 0 fully saturated rings. The Bertz CT molecular complexity index is 1120. The Morgan fingerprint density at radius 1 is 1.03 bits per heavy atom. The number of benzene rings is 2. The molecule has 0 saturated carbocycles. The molecule has 6 nitrogen and oxygen atoms in total. The van der Waals surface area contributed by atoms with E-state index in [1.165, 1.54) is 18.2 Å². The third kappa shape index (κ3) is 5.51. The molecule has 10 heteroatoms. The Kier molecular flexibility index (Phi) is 6.61. The second-order valence-electron chi connectivity index (χ2n) is 7.07. The molecule has 2 N–H and O–H groups in total. The van der Waals surface area contributed by atoms with Crippen molar-refractivity contribution in [3.8, 4) is 0 Å². The van der Waals surface area contributed by atoms with E-state index >= 15 is 0 Å². The van der Waals surface area contributed by atoms with Crippen LogP contribution in [0.25, 0.3) is 0 Å². The van der Waals surface area contributed by atoms with Crippen LogP contribution in [-0.2, 0) is 17.4 Å². The van der Waals surface area contributed by atoms with Crippen LogP contribution in [0.2, 0.25) is 0 Å². The minimum Gasteiger partial charge on any atom is -0.361 e. The average Bonchev–Trinajstić information content (AvgIpc) is 3.04. The molecule has 0 atom stereocenters. The maximum atomic E-state index is 13.6. The summed E-state index contributed by atoms with van der Waals surface area (Å²) in [5, 5.41) is 8.38. The molecule has 1 aromatic heterocycles. The largest absolute Gasteiger partial charge is 0.418 e. The molecule has 0 radical (unpaired) electrons. The highest BCUT2D eigenvalue weighted by atomic mass is 19.4. The molecule has 1 heterocycles. The Hall–Kier alpha value is -3.69. The van der Waals surface area contributed by atoms with Gasteiger partial charge in [-0.25, -0.2) is 4.39 Å². The van der Waals surface area contributed by atoms with Crippen molar-refractivity contribution in [2.75, 3.05) is 10.6 Å². The van der Waals surface area contributed by atoms with Gasteiger partial charge >= 0.3 is 6.18 Å². The lowest BCUT2D eigenvalue weighted by Crippen LogP contribution is -2.18. The summed E-state index contributed by atoms with van der Waals surface area (Å²) >= 11 is 0. The smallest absolute Gasteiger partial charge is 0.361 e. The van der Waals surface area contributed by atoms with Crippen molar-refractivity contribution in [2.24, 2.45) is 0 Å². The van der Waals surface area contributed by atoms with Gasteiger partial charge in [-0.2, -0.15) is 13.2 Å². The molecule has 0 aliphatic rings. The van der Waals surface area contributed by atoms with E-state index in [-0.39, 0.29) is 24.1 Å². The molecular formula is C22H19F4N3O3. The van der Waals surface area contributed by atoms with E-state index in [0.717, 1.165) is 29.8 Å². The van der Waals surface area contributed by atoms with Crippen LogP contribution in [0, 0.1) is 19.7 Å². The molecule has 2 aromatic carbocycles. The molecule has 0 spiro atoms. The number of nitrogens with one attached hydrogen (secondary N) is 2. The Morgan fingerprint density at radius 3 is 2.31 bits per heavy atom. The van der Waals surface area contributed by atoms with Crippen LogP contribution < -0.4 is 10.6 Å². The number of halogens is 4. The summed E-state index contributed by atoms with van der Waals surface area (Å²) in [4.78, 5) is 24.5. The molecule has 3 rings (SSSR count). The van der Waals surface area contributed by atoms with Gasteiger partial charge in [-0.15, -0.1) is 0 Å². The lowest BCUT2D eigenvalue weighted by Gasteiger charge is -2.16. The summed E-state index contributed by atoms with van der Waals surface area (Å²) < 4.78 is 58.7. The van der Waals surface area contributed by atoms with E-state index in [2.05, 4.69) is 15.8 Å². The van der Waals surface area contributed by atoms with Gasteiger partial charge in [0.05, 0.1) is 16.9 Å². The van der Waals surface area contributed by atoms with Gasteiger partial charge in [0.15, 0.2) is 0 Å². The number of carbonyl (C=O) groups is 2. The fourth-order valence-electron chi connectivity index (χ4n) is 3.08. The van der Waals surface area contributed by atoms with E-state index in [4.69, 9.17) is 4.52 Å². The average molecular weight is 449 g/mol. The summed E-state index contributed by atoms with van der Waals surface area (Å²) in [7, 11) is 0. The molecule has 0 unspecified atom stereocenters. The SMILES string of the molecule is Cc1noc(C)c1CCC(=O)Nc1ccc(NC(=O)c2ccc(F)cc2)cc1C(F)(F)F. The van der Waals surface area contributed by atoms with E-state index in [1.807, 2.05) is 0 Å². The third-order valence-corrected chi connectivity index (χ3v) is 4.75. The summed E-state index contributed by atoms with van der Waals surface area (Å²) in [6, 6.07) is 7.59. The zero-order valence-electron chi connectivity index (χ0n) is 17.1. The van der Waals surface area contributed by atoms with Gasteiger partial charge in [0, 0.05) is 23.2 Å². The number of hydrogen-bond donors (Lipinski definition) is 2. The van der Waals surface area contributed by atoms with Gasteiger partial charge in [-0.1, -0.05) is 5.16 Å². The number of carbonyl (C=O) groups excluding carboxylic acids is 2. The molecule has 0 aliphatic heterocycles. The van der Waals surface area contributed by atoms with Crippen LogP contribution in [0.3, 0.4) is 0 Å². The Morgan fingerprint density at radius 2 is 1.72 bits per heavy atom. The summed E-state index contributed by atoms with van der Waals surface area (Å²) in [6.45, 7) is 3.40. The van der Waals surface area contributed by atoms with E-state index in [9.17, 15) is 27.2 Å². The number of hydrogen-bond acceptors (Lipinski definition) is 4. The first-order chi connectivity index (χ1) is 15.0. The van der Waals surface area contributed by atoms with Crippen molar-refractivity contribution in [1.82, 2.24) is 5.16 Å². The number of nitrogens with zero attached hydrogens (tertiary/aromatic N) is 1. The highest BCUT2D eigenvalue weighted by Gasteiger charge is 2.34. The quantitative estimate of drug-likeness (QED) is 0.502. The normalized spacial score (nSPS) is 11.3. The van der Waals surface area contributed by atoms with Gasteiger partial charge in [0.1, 0.15) is 11.6 Å². The maximum absolute atomic E-state index is 13.6. The minimum absolute atomic E-state index is 0.0662. The number of aryl methyl sites for hydroxylation is 2.